The average Bonchev–Trinajstić information content (AvgIpc) is 3.27. The summed E-state index contributed by atoms with van der Waals surface area (Å²) in [6, 6.07) is 13.6. The van der Waals surface area contributed by atoms with Crippen LogP contribution in [0.5, 0.6) is 5.75 Å². The molecule has 0 saturated carbocycles. The summed E-state index contributed by atoms with van der Waals surface area (Å²) < 4.78 is 16.8. The van der Waals surface area contributed by atoms with Gasteiger partial charge < -0.3 is 24.5 Å². The lowest BCUT2D eigenvalue weighted by molar-refractivity contribution is 0.0342. The highest BCUT2D eigenvalue weighted by molar-refractivity contribution is 5.94. The number of nitrogens with one attached hydrogen (secondary N) is 2. The fourth-order valence-electron chi connectivity index (χ4n) is 3.48. The summed E-state index contributed by atoms with van der Waals surface area (Å²) in [5, 5.41) is 5.83. The molecule has 2 aromatic carbocycles. The first kappa shape index (κ1) is 20.9. The number of morpholine rings is 1. The van der Waals surface area contributed by atoms with Crippen molar-refractivity contribution < 1.29 is 18.7 Å². The summed E-state index contributed by atoms with van der Waals surface area (Å²) in [7, 11) is 3.26. The van der Waals surface area contributed by atoms with Crippen LogP contribution in [0, 0.1) is 0 Å². The van der Waals surface area contributed by atoms with Gasteiger partial charge in [0.25, 0.3) is 11.9 Å². The molecule has 0 atom stereocenters. The van der Waals surface area contributed by atoms with Gasteiger partial charge in [-0.1, -0.05) is 12.1 Å². The fraction of sp³-hybridized carbons (Fsp3) is 0.304. The molecule has 2 heterocycles. The third kappa shape index (κ3) is 5.22. The summed E-state index contributed by atoms with van der Waals surface area (Å²) >= 11 is 0. The topological polar surface area (TPSA) is 88.9 Å². The zero-order valence-corrected chi connectivity index (χ0v) is 17.7. The maximum atomic E-state index is 11.7. The van der Waals surface area contributed by atoms with Gasteiger partial charge in [0.2, 0.25) is 0 Å². The van der Waals surface area contributed by atoms with Crippen LogP contribution >= 0.6 is 0 Å². The third-order valence-electron chi connectivity index (χ3n) is 5.13. The highest BCUT2D eigenvalue weighted by atomic mass is 16.5. The van der Waals surface area contributed by atoms with Gasteiger partial charge in [-0.15, -0.1) is 0 Å². The lowest BCUT2D eigenvalue weighted by Crippen LogP contribution is -2.35. The number of hydrogen-bond acceptors (Lipinski definition) is 7. The summed E-state index contributed by atoms with van der Waals surface area (Å²) in [6.45, 7) is 4.18. The molecule has 1 aliphatic heterocycles. The van der Waals surface area contributed by atoms with Gasteiger partial charge in [-0.3, -0.25) is 9.69 Å². The molecule has 8 nitrogen and oxygen atoms in total. The van der Waals surface area contributed by atoms with Crippen molar-refractivity contribution in [3.8, 4) is 17.1 Å². The molecule has 1 fully saturated rings. The number of carbonyl (C=O) groups excluding carboxylic acids is 1. The lowest BCUT2D eigenvalue weighted by Gasteiger charge is -2.26. The molecule has 8 heteroatoms. The van der Waals surface area contributed by atoms with E-state index in [1.54, 1.807) is 32.5 Å². The number of oxazole rings is 1. The molecule has 0 radical (unpaired) electrons. The van der Waals surface area contributed by atoms with Crippen LogP contribution in [0.4, 0.5) is 11.7 Å². The van der Waals surface area contributed by atoms with E-state index in [0.29, 0.717) is 17.3 Å². The van der Waals surface area contributed by atoms with E-state index in [1.807, 2.05) is 24.3 Å². The minimum Gasteiger partial charge on any atom is -0.497 e. The first-order chi connectivity index (χ1) is 15.1. The van der Waals surface area contributed by atoms with E-state index in [2.05, 4.69) is 26.6 Å². The Labute approximate surface area is 181 Å². The Morgan fingerprint density at radius 2 is 1.94 bits per heavy atom. The summed E-state index contributed by atoms with van der Waals surface area (Å²) in [5.41, 5.74) is 3.41. The van der Waals surface area contributed by atoms with E-state index in [-0.39, 0.29) is 5.91 Å². The number of rotatable bonds is 7. The molecule has 0 aliphatic carbocycles. The van der Waals surface area contributed by atoms with Crippen LogP contribution in [-0.4, -0.2) is 56.3 Å². The van der Waals surface area contributed by atoms with Crippen LogP contribution < -0.4 is 15.4 Å². The standard InChI is InChI=1S/C23H26N4O4/c1-24-22(28)18-5-3-17(4-6-18)21-14-25-23(31-21)26-19-11-16(12-20(13-19)29-2)15-27-7-9-30-10-8-27/h3-6,11-14H,7-10,15H2,1-2H3,(H,24,28)(H,25,26). The first-order valence-electron chi connectivity index (χ1n) is 10.2. The molecule has 1 aliphatic rings. The average molecular weight is 422 g/mol. The molecule has 31 heavy (non-hydrogen) atoms. The Hall–Kier alpha value is -3.36. The summed E-state index contributed by atoms with van der Waals surface area (Å²) in [4.78, 5) is 18.4. The normalized spacial score (nSPS) is 14.3. The fourth-order valence-corrected chi connectivity index (χ4v) is 3.48. The van der Waals surface area contributed by atoms with E-state index < -0.39 is 0 Å². The minimum absolute atomic E-state index is 0.127. The van der Waals surface area contributed by atoms with Gasteiger partial charge in [-0.25, -0.2) is 4.98 Å². The van der Waals surface area contributed by atoms with Crippen molar-refractivity contribution in [1.29, 1.82) is 0 Å². The van der Waals surface area contributed by atoms with Crippen molar-refractivity contribution in [3.05, 3.63) is 59.8 Å². The second-order valence-corrected chi connectivity index (χ2v) is 7.27. The smallest absolute Gasteiger partial charge is 0.299 e. The van der Waals surface area contributed by atoms with E-state index in [4.69, 9.17) is 13.9 Å². The van der Waals surface area contributed by atoms with Crippen LogP contribution in [-0.2, 0) is 11.3 Å². The highest BCUT2D eigenvalue weighted by Gasteiger charge is 2.13. The Bertz CT molecular complexity index is 1030. The van der Waals surface area contributed by atoms with E-state index in [1.165, 1.54) is 0 Å². The molecule has 0 bridgehead atoms. The molecule has 3 aromatic rings. The second kappa shape index (κ2) is 9.63. The Morgan fingerprint density at radius 1 is 1.16 bits per heavy atom. The summed E-state index contributed by atoms with van der Waals surface area (Å²) in [6.07, 6.45) is 1.66. The van der Waals surface area contributed by atoms with Gasteiger partial charge in [-0.2, -0.15) is 0 Å². The van der Waals surface area contributed by atoms with Gasteiger partial charge in [0, 0.05) is 49.6 Å². The number of benzene rings is 2. The van der Waals surface area contributed by atoms with Crippen molar-refractivity contribution in [1.82, 2.24) is 15.2 Å². The minimum atomic E-state index is -0.127. The van der Waals surface area contributed by atoms with Gasteiger partial charge >= 0.3 is 0 Å². The monoisotopic (exact) mass is 422 g/mol. The zero-order valence-electron chi connectivity index (χ0n) is 17.7. The lowest BCUT2D eigenvalue weighted by atomic mass is 10.1. The van der Waals surface area contributed by atoms with Crippen LogP contribution in [0.2, 0.25) is 0 Å². The molecule has 2 N–H and O–H groups in total. The third-order valence-corrected chi connectivity index (χ3v) is 5.13. The van der Waals surface area contributed by atoms with Crippen molar-refractivity contribution in [2.45, 2.75) is 6.54 Å². The molecular weight excluding hydrogens is 396 g/mol. The number of amides is 1. The van der Waals surface area contributed by atoms with Crippen LogP contribution in [0.3, 0.4) is 0 Å². The number of methoxy groups -OCH3 is 1. The van der Waals surface area contributed by atoms with Gasteiger partial charge in [0.15, 0.2) is 5.76 Å². The Morgan fingerprint density at radius 3 is 2.65 bits per heavy atom. The number of carbonyl (C=O) groups is 1. The number of anilines is 2. The number of ether oxygens (including phenoxy) is 2. The number of hydrogen-bond donors (Lipinski definition) is 2. The molecule has 4 rings (SSSR count). The van der Waals surface area contributed by atoms with E-state index >= 15 is 0 Å². The quantitative estimate of drug-likeness (QED) is 0.604. The van der Waals surface area contributed by atoms with Crippen molar-refractivity contribution in [3.63, 3.8) is 0 Å². The Balaban J connectivity index is 1.48. The summed E-state index contributed by atoms with van der Waals surface area (Å²) in [5.74, 6) is 1.25. The zero-order chi connectivity index (χ0) is 21.6. The first-order valence-corrected chi connectivity index (χ1v) is 10.2. The maximum absolute atomic E-state index is 11.7. The second-order valence-electron chi connectivity index (χ2n) is 7.27. The Kier molecular flexibility index (Phi) is 6.49. The molecule has 1 saturated heterocycles. The molecular formula is C23H26N4O4. The molecule has 1 aromatic heterocycles. The predicted octanol–water partition coefficient (Wildman–Crippen LogP) is 3.29. The predicted molar refractivity (Wildman–Crippen MR) is 118 cm³/mol. The largest absolute Gasteiger partial charge is 0.497 e. The van der Waals surface area contributed by atoms with Crippen LogP contribution in [0.1, 0.15) is 15.9 Å². The van der Waals surface area contributed by atoms with E-state index in [0.717, 1.165) is 55.4 Å². The van der Waals surface area contributed by atoms with E-state index in [9.17, 15) is 4.79 Å². The van der Waals surface area contributed by atoms with Gasteiger partial charge in [-0.05, 0) is 29.8 Å². The molecule has 1 amide bonds. The molecule has 0 unspecified atom stereocenters. The SMILES string of the molecule is CNC(=O)c1ccc(-c2cnc(Nc3cc(CN4CCOCC4)cc(OC)c3)o2)cc1. The molecule has 0 spiro atoms. The highest BCUT2D eigenvalue weighted by Crippen LogP contribution is 2.28. The molecule has 162 valence electrons. The number of nitrogens with zero attached hydrogens (tertiary/aromatic N) is 2. The van der Waals surface area contributed by atoms with Crippen LogP contribution in [0.25, 0.3) is 11.3 Å². The van der Waals surface area contributed by atoms with Crippen molar-refractivity contribution in [2.24, 2.45) is 0 Å². The van der Waals surface area contributed by atoms with Gasteiger partial charge in [0.05, 0.1) is 26.5 Å². The maximum Gasteiger partial charge on any atom is 0.299 e. The van der Waals surface area contributed by atoms with Crippen molar-refractivity contribution in [2.75, 3.05) is 45.8 Å². The van der Waals surface area contributed by atoms with Crippen LogP contribution in [0.15, 0.2) is 53.1 Å². The van der Waals surface area contributed by atoms with Gasteiger partial charge in [0.1, 0.15) is 5.75 Å². The number of aromatic nitrogens is 1. The van der Waals surface area contributed by atoms with Crippen molar-refractivity contribution >= 4 is 17.6 Å².